The van der Waals surface area contributed by atoms with Crippen LogP contribution in [0.4, 0.5) is 10.1 Å². The lowest BCUT2D eigenvalue weighted by Gasteiger charge is -2.24. The molecule has 0 aliphatic carbocycles. The lowest BCUT2D eigenvalue weighted by atomic mass is 10.1. The average Bonchev–Trinajstić information content (AvgIpc) is 2.46. The summed E-state index contributed by atoms with van der Waals surface area (Å²) < 4.78 is 13.4. The van der Waals surface area contributed by atoms with E-state index in [9.17, 15) is 9.18 Å². The molecular weight excluding hydrogens is 269 g/mol. The second-order valence-corrected chi connectivity index (χ2v) is 4.97. The summed E-state index contributed by atoms with van der Waals surface area (Å²) in [6, 6.07) is 12.3. The van der Waals surface area contributed by atoms with Crippen LogP contribution in [0, 0.1) is 12.7 Å². The molecule has 0 radical (unpaired) electrons. The molecule has 0 bridgehead atoms. The minimum Gasteiger partial charge on any atom is -0.478 e. The van der Waals surface area contributed by atoms with Crippen LogP contribution in [0.2, 0.25) is 0 Å². The van der Waals surface area contributed by atoms with Crippen molar-refractivity contribution in [1.82, 2.24) is 0 Å². The zero-order valence-corrected chi connectivity index (χ0v) is 12.1. The van der Waals surface area contributed by atoms with E-state index >= 15 is 0 Å². The Balaban J connectivity index is 2.27. The fourth-order valence-electron chi connectivity index (χ4n) is 2.27. The summed E-state index contributed by atoms with van der Waals surface area (Å²) in [6.45, 7) is 5.38. The lowest BCUT2D eigenvalue weighted by molar-refractivity contribution is 0.0691. The Morgan fingerprint density at radius 2 is 2.00 bits per heavy atom. The third-order valence-corrected chi connectivity index (χ3v) is 3.38. The molecule has 1 N–H and O–H groups in total. The van der Waals surface area contributed by atoms with Gasteiger partial charge in [-0.25, -0.2) is 9.18 Å². The Hall–Kier alpha value is -2.36. The topological polar surface area (TPSA) is 40.5 Å². The molecule has 0 saturated heterocycles. The van der Waals surface area contributed by atoms with Gasteiger partial charge in [0.15, 0.2) is 0 Å². The molecule has 2 rings (SSSR count). The molecule has 0 atom stereocenters. The van der Waals surface area contributed by atoms with Crippen LogP contribution in [0.25, 0.3) is 0 Å². The van der Waals surface area contributed by atoms with Crippen molar-refractivity contribution in [3.8, 4) is 0 Å². The van der Waals surface area contributed by atoms with Crippen molar-refractivity contribution in [2.24, 2.45) is 0 Å². The molecule has 110 valence electrons. The largest absolute Gasteiger partial charge is 0.478 e. The number of carbonyl (C=O) groups is 1. The van der Waals surface area contributed by atoms with Crippen LogP contribution in [0.1, 0.15) is 28.4 Å². The number of carboxylic acids is 1. The van der Waals surface area contributed by atoms with Gasteiger partial charge in [0.05, 0.1) is 5.56 Å². The highest BCUT2D eigenvalue weighted by atomic mass is 19.1. The Bertz CT molecular complexity index is 655. The van der Waals surface area contributed by atoms with Crippen molar-refractivity contribution in [1.29, 1.82) is 0 Å². The normalized spacial score (nSPS) is 10.4. The summed E-state index contributed by atoms with van der Waals surface area (Å²) in [5.74, 6) is -1.95. The summed E-state index contributed by atoms with van der Waals surface area (Å²) in [4.78, 5) is 13.1. The first-order valence-electron chi connectivity index (χ1n) is 6.84. The molecule has 0 aliphatic heterocycles. The van der Waals surface area contributed by atoms with Gasteiger partial charge in [-0.15, -0.1) is 0 Å². The van der Waals surface area contributed by atoms with E-state index < -0.39 is 11.8 Å². The van der Waals surface area contributed by atoms with Crippen LogP contribution < -0.4 is 4.90 Å². The van der Waals surface area contributed by atoms with E-state index in [1.807, 2.05) is 32.0 Å². The highest BCUT2D eigenvalue weighted by Gasteiger charge is 2.12. The van der Waals surface area contributed by atoms with Crippen molar-refractivity contribution in [3.63, 3.8) is 0 Å². The number of hydrogen-bond donors (Lipinski definition) is 1. The molecule has 2 aromatic rings. The van der Waals surface area contributed by atoms with E-state index in [-0.39, 0.29) is 5.56 Å². The number of benzene rings is 2. The van der Waals surface area contributed by atoms with Crippen LogP contribution in [0.15, 0.2) is 42.5 Å². The van der Waals surface area contributed by atoms with E-state index in [0.717, 1.165) is 23.4 Å². The van der Waals surface area contributed by atoms with E-state index in [1.54, 1.807) is 6.07 Å². The molecule has 0 saturated carbocycles. The molecule has 2 aromatic carbocycles. The molecule has 0 amide bonds. The molecule has 4 heteroatoms. The van der Waals surface area contributed by atoms with E-state index in [1.165, 1.54) is 12.1 Å². The highest BCUT2D eigenvalue weighted by molar-refractivity contribution is 5.88. The zero-order valence-electron chi connectivity index (χ0n) is 12.1. The molecule has 0 heterocycles. The molecule has 21 heavy (non-hydrogen) atoms. The maximum atomic E-state index is 13.4. The smallest absolute Gasteiger partial charge is 0.338 e. The molecule has 3 nitrogen and oxygen atoms in total. The Kier molecular flexibility index (Phi) is 4.58. The van der Waals surface area contributed by atoms with Gasteiger partial charge in [-0.05, 0) is 49.2 Å². The van der Waals surface area contributed by atoms with Gasteiger partial charge in [0.25, 0.3) is 0 Å². The number of aryl methyl sites for hydroxylation is 1. The van der Waals surface area contributed by atoms with Crippen molar-refractivity contribution in [2.45, 2.75) is 20.4 Å². The maximum Gasteiger partial charge on any atom is 0.338 e. The average molecular weight is 287 g/mol. The molecule has 0 aliphatic rings. The van der Waals surface area contributed by atoms with Crippen LogP contribution in [0.5, 0.6) is 0 Å². The predicted molar refractivity (Wildman–Crippen MR) is 81.3 cm³/mol. The maximum absolute atomic E-state index is 13.4. The zero-order chi connectivity index (χ0) is 15.4. The minimum absolute atomic E-state index is 0.284. The lowest BCUT2D eigenvalue weighted by Crippen LogP contribution is -2.22. The fourth-order valence-corrected chi connectivity index (χ4v) is 2.27. The van der Waals surface area contributed by atoms with Crippen LogP contribution in [-0.4, -0.2) is 17.6 Å². The van der Waals surface area contributed by atoms with Crippen LogP contribution >= 0.6 is 0 Å². The van der Waals surface area contributed by atoms with Crippen LogP contribution in [-0.2, 0) is 6.54 Å². The minimum atomic E-state index is -1.24. The quantitative estimate of drug-likeness (QED) is 0.907. The number of anilines is 1. The third kappa shape index (κ3) is 3.60. The van der Waals surface area contributed by atoms with Crippen molar-refractivity contribution >= 4 is 11.7 Å². The summed E-state index contributed by atoms with van der Waals surface area (Å²) >= 11 is 0. The molecular formula is C17H18FNO2. The van der Waals surface area contributed by atoms with Gasteiger partial charge in [0.1, 0.15) is 5.82 Å². The molecule has 0 spiro atoms. The first-order valence-corrected chi connectivity index (χ1v) is 6.84. The molecule has 0 fully saturated rings. The predicted octanol–water partition coefficient (Wildman–Crippen LogP) is 3.86. The van der Waals surface area contributed by atoms with Gasteiger partial charge < -0.3 is 10.0 Å². The van der Waals surface area contributed by atoms with Crippen molar-refractivity contribution in [3.05, 3.63) is 65.0 Å². The van der Waals surface area contributed by atoms with Gasteiger partial charge in [0, 0.05) is 18.8 Å². The van der Waals surface area contributed by atoms with Crippen molar-refractivity contribution < 1.29 is 14.3 Å². The molecule has 0 aromatic heterocycles. The monoisotopic (exact) mass is 287 g/mol. The van der Waals surface area contributed by atoms with E-state index in [2.05, 4.69) is 11.0 Å². The number of rotatable bonds is 5. The third-order valence-electron chi connectivity index (χ3n) is 3.38. The Labute approximate surface area is 123 Å². The van der Waals surface area contributed by atoms with Crippen LogP contribution in [0.3, 0.4) is 0 Å². The first-order chi connectivity index (χ1) is 10.0. The Morgan fingerprint density at radius 1 is 1.24 bits per heavy atom. The summed E-state index contributed by atoms with van der Waals surface area (Å²) in [6.07, 6.45) is 0. The summed E-state index contributed by atoms with van der Waals surface area (Å²) in [7, 11) is 0. The van der Waals surface area contributed by atoms with Crippen molar-refractivity contribution in [2.75, 3.05) is 11.4 Å². The highest BCUT2D eigenvalue weighted by Crippen LogP contribution is 2.19. The molecule has 0 unspecified atom stereocenters. The number of halogens is 1. The van der Waals surface area contributed by atoms with Gasteiger partial charge >= 0.3 is 5.97 Å². The number of hydrogen-bond acceptors (Lipinski definition) is 2. The van der Waals surface area contributed by atoms with E-state index in [0.29, 0.717) is 6.54 Å². The number of aromatic carboxylic acids is 1. The summed E-state index contributed by atoms with van der Waals surface area (Å²) in [5, 5.41) is 8.98. The van der Waals surface area contributed by atoms with Gasteiger partial charge in [-0.1, -0.05) is 18.2 Å². The van der Waals surface area contributed by atoms with E-state index in [4.69, 9.17) is 5.11 Å². The van der Waals surface area contributed by atoms with Gasteiger partial charge in [-0.2, -0.15) is 0 Å². The first kappa shape index (κ1) is 15.0. The van der Waals surface area contributed by atoms with Gasteiger partial charge in [0.2, 0.25) is 0 Å². The standard InChI is InChI=1S/C17H18FNO2/c1-3-19(14-6-4-5-12(2)9-14)11-13-7-8-16(18)15(10-13)17(20)21/h4-10H,3,11H2,1-2H3,(H,20,21). The Morgan fingerprint density at radius 3 is 2.62 bits per heavy atom. The fraction of sp³-hybridized carbons (Fsp3) is 0.235. The van der Waals surface area contributed by atoms with Gasteiger partial charge in [-0.3, -0.25) is 0 Å². The summed E-state index contributed by atoms with van der Waals surface area (Å²) in [5.41, 5.74) is 2.72. The number of nitrogens with zero attached hydrogens (tertiary/aromatic N) is 1. The number of carboxylic acid groups (broad SMARTS) is 1. The second kappa shape index (κ2) is 6.39. The second-order valence-electron chi connectivity index (χ2n) is 4.97. The SMILES string of the molecule is CCN(Cc1ccc(F)c(C(=O)O)c1)c1cccc(C)c1.